The van der Waals surface area contributed by atoms with E-state index >= 15 is 0 Å². The van der Waals surface area contributed by atoms with Crippen LogP contribution in [0.1, 0.15) is 10.8 Å². The van der Waals surface area contributed by atoms with E-state index < -0.39 is 22.2 Å². The van der Waals surface area contributed by atoms with E-state index in [0.29, 0.717) is 11.3 Å². The number of carbonyl (C=O) groups is 1. The average Bonchev–Trinajstić information content (AvgIpc) is 2.73. The molecular formula is C18H20N2O7S. The van der Waals surface area contributed by atoms with E-state index in [1.807, 2.05) is 0 Å². The second kappa shape index (κ2) is 10.6. The molecule has 0 aliphatic rings. The summed E-state index contributed by atoms with van der Waals surface area (Å²) < 4.78 is 20.5. The van der Waals surface area contributed by atoms with Crippen LogP contribution in [0.3, 0.4) is 0 Å². The number of thioether (sulfide) groups is 1. The summed E-state index contributed by atoms with van der Waals surface area (Å²) in [4.78, 5) is 27.3. The van der Waals surface area contributed by atoms with Gasteiger partial charge in [0.1, 0.15) is 12.5 Å². The van der Waals surface area contributed by atoms with Crippen molar-refractivity contribution in [2.45, 2.75) is 16.4 Å². The van der Waals surface area contributed by atoms with Crippen molar-refractivity contribution in [2.24, 2.45) is 0 Å². The van der Waals surface area contributed by atoms with Gasteiger partial charge in [-0.15, -0.1) is 0 Å². The maximum absolute atomic E-state index is 12.4. The average molecular weight is 408 g/mol. The van der Waals surface area contributed by atoms with Crippen LogP contribution in [0, 0.1) is 10.1 Å². The Bertz CT molecular complexity index is 801. The summed E-state index contributed by atoms with van der Waals surface area (Å²) in [7, 11) is 4.20. The Morgan fingerprint density at radius 3 is 2.50 bits per heavy atom. The second-order valence-corrected chi connectivity index (χ2v) is 6.54. The number of nitrogens with zero attached hydrogens (tertiary/aromatic N) is 2. The molecule has 0 N–H and O–H groups in total. The lowest BCUT2D eigenvalue weighted by Gasteiger charge is -2.25. The minimum Gasteiger partial charge on any atom is -0.497 e. The first-order chi connectivity index (χ1) is 13.5. The number of pyridine rings is 1. The zero-order valence-corrected chi connectivity index (χ0v) is 16.4. The van der Waals surface area contributed by atoms with Gasteiger partial charge in [0.15, 0.2) is 11.1 Å². The molecule has 0 spiro atoms. The van der Waals surface area contributed by atoms with E-state index in [4.69, 9.17) is 18.9 Å². The fraction of sp³-hybridized carbons (Fsp3) is 0.333. The summed E-state index contributed by atoms with van der Waals surface area (Å²) in [5.74, 6) is -0.00676. The highest BCUT2D eigenvalue weighted by atomic mass is 32.2. The molecule has 0 saturated heterocycles. The second-order valence-electron chi connectivity index (χ2n) is 5.41. The molecule has 0 aliphatic heterocycles. The van der Waals surface area contributed by atoms with Crippen LogP contribution >= 0.6 is 11.8 Å². The standard InChI is InChI=1S/C18H20N2O7S/c1-24-11-27-15(18(21)26-3)16(12-6-8-13(25-2)9-7-12)28-17-14(20(22)23)5-4-10-19-17/h4-10,15-16H,11H2,1-3H3. The van der Waals surface area contributed by atoms with Gasteiger partial charge >= 0.3 is 11.7 Å². The zero-order chi connectivity index (χ0) is 20.5. The number of carbonyl (C=O) groups excluding carboxylic acids is 1. The molecule has 1 aromatic heterocycles. The fourth-order valence-electron chi connectivity index (χ4n) is 2.37. The maximum atomic E-state index is 12.4. The van der Waals surface area contributed by atoms with Crippen LogP contribution in [0.2, 0.25) is 0 Å². The third-order valence-corrected chi connectivity index (χ3v) is 5.02. The molecule has 2 aromatic rings. The highest BCUT2D eigenvalue weighted by molar-refractivity contribution is 7.99. The van der Waals surface area contributed by atoms with Crippen LogP contribution in [0.25, 0.3) is 0 Å². The zero-order valence-electron chi connectivity index (χ0n) is 15.6. The van der Waals surface area contributed by atoms with Crippen LogP contribution in [0.15, 0.2) is 47.6 Å². The predicted molar refractivity (Wildman–Crippen MR) is 101 cm³/mol. The van der Waals surface area contributed by atoms with Crippen molar-refractivity contribution in [1.29, 1.82) is 0 Å². The number of hydrogen-bond acceptors (Lipinski definition) is 9. The third kappa shape index (κ3) is 5.41. The van der Waals surface area contributed by atoms with Gasteiger partial charge in [-0.25, -0.2) is 9.78 Å². The number of rotatable bonds is 10. The van der Waals surface area contributed by atoms with Crippen molar-refractivity contribution in [3.63, 3.8) is 0 Å². The lowest BCUT2D eigenvalue weighted by molar-refractivity contribution is -0.388. The summed E-state index contributed by atoms with van der Waals surface area (Å²) >= 11 is 1.04. The Morgan fingerprint density at radius 1 is 1.21 bits per heavy atom. The van der Waals surface area contributed by atoms with Gasteiger partial charge < -0.3 is 18.9 Å². The Kier molecular flexibility index (Phi) is 8.18. The van der Waals surface area contributed by atoms with E-state index in [2.05, 4.69) is 4.98 Å². The lowest BCUT2D eigenvalue weighted by Crippen LogP contribution is -2.31. The summed E-state index contributed by atoms with van der Waals surface area (Å²) in [6.45, 7) is -0.155. The van der Waals surface area contributed by atoms with Gasteiger partial charge in [0.05, 0.1) is 24.4 Å². The SMILES string of the molecule is COCOC(C(=O)OC)C(Sc1ncccc1[N+](=O)[O-])c1ccc(OC)cc1. The normalized spacial score (nSPS) is 12.8. The highest BCUT2D eigenvalue weighted by Gasteiger charge is 2.34. The Morgan fingerprint density at radius 2 is 1.93 bits per heavy atom. The first kappa shape index (κ1) is 21.6. The molecule has 2 unspecified atom stereocenters. The molecular weight excluding hydrogens is 388 g/mol. The Labute approximate surface area is 166 Å². The first-order valence-electron chi connectivity index (χ1n) is 8.10. The van der Waals surface area contributed by atoms with Crippen molar-refractivity contribution in [3.8, 4) is 5.75 Å². The molecule has 0 saturated carbocycles. The highest BCUT2D eigenvalue weighted by Crippen LogP contribution is 2.42. The molecule has 9 nitrogen and oxygen atoms in total. The van der Waals surface area contributed by atoms with Gasteiger partial charge in [-0.1, -0.05) is 23.9 Å². The van der Waals surface area contributed by atoms with Gasteiger partial charge in [-0.2, -0.15) is 0 Å². The number of methoxy groups -OCH3 is 3. The van der Waals surface area contributed by atoms with E-state index in [1.165, 1.54) is 39.7 Å². The van der Waals surface area contributed by atoms with Crippen molar-refractivity contribution in [2.75, 3.05) is 28.1 Å². The maximum Gasteiger partial charge on any atom is 0.336 e. The van der Waals surface area contributed by atoms with E-state index in [9.17, 15) is 14.9 Å². The van der Waals surface area contributed by atoms with Gasteiger partial charge in [-0.05, 0) is 23.8 Å². The Balaban J connectivity index is 2.47. The third-order valence-electron chi connectivity index (χ3n) is 3.70. The van der Waals surface area contributed by atoms with Crippen molar-refractivity contribution >= 4 is 23.4 Å². The molecule has 0 aliphatic carbocycles. The van der Waals surface area contributed by atoms with E-state index in [1.54, 1.807) is 24.3 Å². The number of benzene rings is 1. The number of ether oxygens (including phenoxy) is 4. The minimum atomic E-state index is -1.08. The molecule has 0 radical (unpaired) electrons. The van der Waals surface area contributed by atoms with Crippen LogP contribution in [0.5, 0.6) is 5.75 Å². The summed E-state index contributed by atoms with van der Waals surface area (Å²) in [5.41, 5.74) is 0.513. The molecule has 2 atom stereocenters. The summed E-state index contributed by atoms with van der Waals surface area (Å²) in [6.07, 6.45) is 0.369. The monoisotopic (exact) mass is 408 g/mol. The molecule has 0 bridgehead atoms. The molecule has 1 aromatic carbocycles. The predicted octanol–water partition coefficient (Wildman–Crippen LogP) is 2.99. The summed E-state index contributed by atoms with van der Waals surface area (Å²) in [6, 6.07) is 9.77. The molecule has 150 valence electrons. The summed E-state index contributed by atoms with van der Waals surface area (Å²) in [5, 5.41) is 10.8. The molecule has 0 amide bonds. The molecule has 10 heteroatoms. The van der Waals surface area contributed by atoms with Gasteiger partial charge in [-0.3, -0.25) is 10.1 Å². The number of aromatic nitrogens is 1. The lowest BCUT2D eigenvalue weighted by atomic mass is 10.1. The van der Waals surface area contributed by atoms with Crippen molar-refractivity contribution in [3.05, 3.63) is 58.3 Å². The van der Waals surface area contributed by atoms with Crippen LogP contribution in [-0.4, -0.2) is 50.1 Å². The van der Waals surface area contributed by atoms with Crippen LogP contribution in [-0.2, 0) is 19.0 Å². The van der Waals surface area contributed by atoms with Crippen molar-refractivity contribution < 1.29 is 28.7 Å². The number of nitro groups is 1. The first-order valence-corrected chi connectivity index (χ1v) is 8.98. The Hall–Kier alpha value is -2.69. The number of esters is 1. The fourth-order valence-corrected chi connectivity index (χ4v) is 3.60. The van der Waals surface area contributed by atoms with E-state index in [0.717, 1.165) is 11.8 Å². The molecule has 28 heavy (non-hydrogen) atoms. The van der Waals surface area contributed by atoms with Gasteiger partial charge in [0, 0.05) is 19.4 Å². The van der Waals surface area contributed by atoms with Crippen molar-refractivity contribution in [1.82, 2.24) is 4.98 Å². The molecule has 1 heterocycles. The quantitative estimate of drug-likeness (QED) is 0.193. The largest absolute Gasteiger partial charge is 0.497 e. The smallest absolute Gasteiger partial charge is 0.336 e. The van der Waals surface area contributed by atoms with Gasteiger partial charge in [0.2, 0.25) is 0 Å². The topological polar surface area (TPSA) is 110 Å². The van der Waals surface area contributed by atoms with E-state index in [-0.39, 0.29) is 17.5 Å². The number of hydrogen-bond donors (Lipinski definition) is 0. The van der Waals surface area contributed by atoms with Crippen LogP contribution < -0.4 is 4.74 Å². The van der Waals surface area contributed by atoms with Gasteiger partial charge in [0.25, 0.3) is 0 Å². The molecule has 0 fully saturated rings. The minimum absolute atomic E-state index is 0.155. The molecule has 2 rings (SSSR count). The van der Waals surface area contributed by atoms with Crippen LogP contribution in [0.4, 0.5) is 5.69 Å².